The zero-order chi connectivity index (χ0) is 13.5. The van der Waals surface area contributed by atoms with Crippen molar-refractivity contribution in [2.45, 2.75) is 44.8 Å². The van der Waals surface area contributed by atoms with Crippen LogP contribution in [0.2, 0.25) is 0 Å². The number of nitrogens with zero attached hydrogens (tertiary/aromatic N) is 1. The standard InChI is InChI=1S/C14H23N3O2/c1-2-5-18-13-7-11(9-16-10-13)14(17-15)8-12-4-3-6-19-12/h7,9-10,12,14,17H,2-6,8,15H2,1H3. The first-order valence-electron chi connectivity index (χ1n) is 6.99. The number of hydrogen-bond donors (Lipinski definition) is 2. The second-order valence-corrected chi connectivity index (χ2v) is 4.89. The van der Waals surface area contributed by atoms with E-state index in [0.717, 1.165) is 43.6 Å². The highest BCUT2D eigenvalue weighted by atomic mass is 16.5. The van der Waals surface area contributed by atoms with Crippen molar-refractivity contribution in [2.24, 2.45) is 5.84 Å². The third kappa shape index (κ3) is 4.16. The number of hydrogen-bond acceptors (Lipinski definition) is 5. The highest BCUT2D eigenvalue weighted by Gasteiger charge is 2.21. The lowest BCUT2D eigenvalue weighted by atomic mass is 10.0. The summed E-state index contributed by atoms with van der Waals surface area (Å²) >= 11 is 0. The van der Waals surface area contributed by atoms with E-state index in [1.807, 2.05) is 12.3 Å². The second-order valence-electron chi connectivity index (χ2n) is 4.89. The molecule has 2 rings (SSSR count). The van der Waals surface area contributed by atoms with Crippen LogP contribution in [0.25, 0.3) is 0 Å². The lowest BCUT2D eigenvalue weighted by Gasteiger charge is -2.20. The summed E-state index contributed by atoms with van der Waals surface area (Å²) in [6.45, 7) is 3.65. The molecule has 0 aliphatic carbocycles. The Labute approximate surface area is 114 Å². The van der Waals surface area contributed by atoms with Gasteiger partial charge >= 0.3 is 0 Å². The predicted molar refractivity (Wildman–Crippen MR) is 73.7 cm³/mol. The van der Waals surface area contributed by atoms with Crippen molar-refractivity contribution in [3.8, 4) is 5.75 Å². The molecule has 2 unspecified atom stereocenters. The monoisotopic (exact) mass is 265 g/mol. The molecule has 1 aliphatic heterocycles. The highest BCUT2D eigenvalue weighted by molar-refractivity contribution is 5.26. The van der Waals surface area contributed by atoms with Crippen molar-refractivity contribution >= 4 is 0 Å². The number of pyridine rings is 1. The van der Waals surface area contributed by atoms with Gasteiger partial charge in [-0.1, -0.05) is 6.92 Å². The van der Waals surface area contributed by atoms with Gasteiger partial charge in [0.1, 0.15) is 5.75 Å². The molecule has 2 atom stereocenters. The quantitative estimate of drug-likeness (QED) is 0.582. The van der Waals surface area contributed by atoms with Crippen LogP contribution in [0.3, 0.4) is 0 Å². The molecular formula is C14H23N3O2. The maximum absolute atomic E-state index is 5.66. The van der Waals surface area contributed by atoms with Gasteiger partial charge in [-0.2, -0.15) is 0 Å². The molecule has 19 heavy (non-hydrogen) atoms. The molecule has 5 heteroatoms. The van der Waals surface area contributed by atoms with Crippen LogP contribution in [-0.4, -0.2) is 24.3 Å². The first-order valence-corrected chi connectivity index (χ1v) is 6.99. The number of nitrogens with one attached hydrogen (secondary N) is 1. The number of nitrogens with two attached hydrogens (primary N) is 1. The Morgan fingerprint density at radius 3 is 3.16 bits per heavy atom. The summed E-state index contributed by atoms with van der Waals surface area (Å²) in [6.07, 6.45) is 7.96. The normalized spacial score (nSPS) is 20.4. The summed E-state index contributed by atoms with van der Waals surface area (Å²) in [7, 11) is 0. The summed E-state index contributed by atoms with van der Waals surface area (Å²) in [4.78, 5) is 4.22. The van der Waals surface area contributed by atoms with Gasteiger partial charge in [0.05, 0.1) is 24.9 Å². The lowest BCUT2D eigenvalue weighted by Crippen LogP contribution is -2.31. The Morgan fingerprint density at radius 2 is 2.47 bits per heavy atom. The van der Waals surface area contributed by atoms with E-state index in [1.54, 1.807) is 6.20 Å². The molecule has 106 valence electrons. The molecule has 1 aromatic heterocycles. The number of hydrazine groups is 1. The molecular weight excluding hydrogens is 242 g/mol. The average molecular weight is 265 g/mol. The van der Waals surface area contributed by atoms with Crippen LogP contribution in [0, 0.1) is 0 Å². The minimum Gasteiger partial charge on any atom is -0.492 e. The maximum Gasteiger partial charge on any atom is 0.137 e. The van der Waals surface area contributed by atoms with Gasteiger partial charge in [0, 0.05) is 12.8 Å². The molecule has 0 saturated carbocycles. The fraction of sp³-hybridized carbons (Fsp3) is 0.643. The van der Waals surface area contributed by atoms with Gasteiger partial charge in [0.2, 0.25) is 0 Å². The summed E-state index contributed by atoms with van der Waals surface area (Å²) in [5.41, 5.74) is 3.90. The molecule has 1 aliphatic rings. The second kappa shape index (κ2) is 7.43. The fourth-order valence-corrected chi connectivity index (χ4v) is 2.32. The minimum atomic E-state index is 0.0563. The molecule has 1 fully saturated rings. The summed E-state index contributed by atoms with van der Waals surface area (Å²) in [5, 5.41) is 0. The first-order chi connectivity index (χ1) is 9.33. The zero-order valence-electron chi connectivity index (χ0n) is 11.5. The SMILES string of the molecule is CCCOc1cncc(C(CC2CCCO2)NN)c1. The van der Waals surface area contributed by atoms with Crippen LogP contribution < -0.4 is 16.0 Å². The number of aromatic nitrogens is 1. The van der Waals surface area contributed by atoms with Crippen LogP contribution in [0.15, 0.2) is 18.5 Å². The lowest BCUT2D eigenvalue weighted by molar-refractivity contribution is 0.0945. The van der Waals surface area contributed by atoms with Crippen molar-refractivity contribution < 1.29 is 9.47 Å². The first kappa shape index (κ1) is 14.2. The third-order valence-electron chi connectivity index (χ3n) is 3.33. The van der Waals surface area contributed by atoms with Gasteiger partial charge in [-0.25, -0.2) is 0 Å². The van der Waals surface area contributed by atoms with E-state index in [-0.39, 0.29) is 6.04 Å². The van der Waals surface area contributed by atoms with E-state index < -0.39 is 0 Å². The largest absolute Gasteiger partial charge is 0.492 e. The Kier molecular flexibility index (Phi) is 5.57. The molecule has 0 radical (unpaired) electrons. The Balaban J connectivity index is 2.00. The minimum absolute atomic E-state index is 0.0563. The fourth-order valence-electron chi connectivity index (χ4n) is 2.32. The van der Waals surface area contributed by atoms with Gasteiger partial charge in [-0.05, 0) is 37.3 Å². The Hall–Kier alpha value is -1.17. The predicted octanol–water partition coefficient (Wildman–Crippen LogP) is 1.94. The topological polar surface area (TPSA) is 69.4 Å². The molecule has 0 amide bonds. The van der Waals surface area contributed by atoms with E-state index >= 15 is 0 Å². The van der Waals surface area contributed by atoms with Crippen molar-refractivity contribution in [3.63, 3.8) is 0 Å². The van der Waals surface area contributed by atoms with E-state index in [4.69, 9.17) is 15.3 Å². The third-order valence-corrected chi connectivity index (χ3v) is 3.33. The van der Waals surface area contributed by atoms with E-state index in [9.17, 15) is 0 Å². The molecule has 0 spiro atoms. The average Bonchev–Trinajstić information content (AvgIpc) is 2.96. The zero-order valence-corrected chi connectivity index (χ0v) is 11.5. The molecule has 1 aromatic rings. The van der Waals surface area contributed by atoms with Crippen LogP contribution in [0.4, 0.5) is 0 Å². The highest BCUT2D eigenvalue weighted by Crippen LogP contribution is 2.26. The number of rotatable bonds is 7. The maximum atomic E-state index is 5.66. The van der Waals surface area contributed by atoms with Crippen molar-refractivity contribution in [2.75, 3.05) is 13.2 Å². The van der Waals surface area contributed by atoms with E-state index in [1.165, 1.54) is 0 Å². The molecule has 0 aromatic carbocycles. The van der Waals surface area contributed by atoms with Crippen molar-refractivity contribution in [3.05, 3.63) is 24.0 Å². The Morgan fingerprint density at radius 1 is 1.58 bits per heavy atom. The van der Waals surface area contributed by atoms with Gasteiger partial charge in [-0.3, -0.25) is 16.3 Å². The number of ether oxygens (including phenoxy) is 2. The van der Waals surface area contributed by atoms with Gasteiger partial charge in [-0.15, -0.1) is 0 Å². The van der Waals surface area contributed by atoms with Crippen molar-refractivity contribution in [1.29, 1.82) is 0 Å². The van der Waals surface area contributed by atoms with Crippen LogP contribution in [0.1, 0.15) is 44.2 Å². The van der Waals surface area contributed by atoms with Gasteiger partial charge in [0.25, 0.3) is 0 Å². The molecule has 3 N–H and O–H groups in total. The van der Waals surface area contributed by atoms with Crippen LogP contribution in [-0.2, 0) is 4.74 Å². The molecule has 1 saturated heterocycles. The molecule has 5 nitrogen and oxygen atoms in total. The van der Waals surface area contributed by atoms with Crippen molar-refractivity contribution in [1.82, 2.24) is 10.4 Å². The van der Waals surface area contributed by atoms with E-state index in [0.29, 0.717) is 12.7 Å². The smallest absolute Gasteiger partial charge is 0.137 e. The van der Waals surface area contributed by atoms with Crippen LogP contribution in [0.5, 0.6) is 5.75 Å². The summed E-state index contributed by atoms with van der Waals surface area (Å²) in [6, 6.07) is 2.06. The van der Waals surface area contributed by atoms with E-state index in [2.05, 4.69) is 17.3 Å². The summed E-state index contributed by atoms with van der Waals surface area (Å²) in [5.74, 6) is 6.46. The molecule has 0 bridgehead atoms. The Bertz CT molecular complexity index is 381. The molecule has 2 heterocycles. The van der Waals surface area contributed by atoms with Gasteiger partial charge in [0.15, 0.2) is 0 Å². The van der Waals surface area contributed by atoms with Gasteiger partial charge < -0.3 is 9.47 Å². The van der Waals surface area contributed by atoms with Crippen LogP contribution >= 0.6 is 0 Å². The summed E-state index contributed by atoms with van der Waals surface area (Å²) < 4.78 is 11.3.